The Bertz CT molecular complexity index is 267. The molecule has 0 rings (SSSR count). The normalized spacial score (nSPS) is 11.9. The minimum atomic E-state index is -3.74. The van der Waals surface area contributed by atoms with E-state index in [2.05, 4.69) is 13.6 Å². The monoisotopic (exact) mass is 392 g/mol. The van der Waals surface area contributed by atoms with Gasteiger partial charge in [-0.15, -0.1) is 0 Å². The van der Waals surface area contributed by atoms with Crippen LogP contribution >= 0.6 is 23.0 Å². The van der Waals surface area contributed by atoms with Crippen LogP contribution < -0.4 is 0 Å². The van der Waals surface area contributed by atoms with Gasteiger partial charge in [-0.05, 0) is 6.42 Å². The van der Waals surface area contributed by atoms with Gasteiger partial charge in [-0.2, -0.15) is 10.9 Å². The molecule has 0 aliphatic heterocycles. The first kappa shape index (κ1) is 18.6. The first-order valence-corrected chi connectivity index (χ1v) is 9.03. The molecule has 0 unspecified atom stereocenters. The predicted octanol–water partition coefficient (Wildman–Crippen LogP) is 4.54. The lowest BCUT2D eigenvalue weighted by atomic mass is 10.1. The first-order chi connectivity index (χ1) is 8.62. The van der Waals surface area contributed by atoms with Crippen LogP contribution in [0.5, 0.6) is 0 Å². The Balaban J connectivity index is 3.12. The largest absolute Gasteiger partial charge is 0.409 e. The molecule has 4 nitrogen and oxygen atoms in total. The van der Waals surface area contributed by atoms with E-state index in [0.717, 1.165) is 19.3 Å². The van der Waals surface area contributed by atoms with Crippen molar-refractivity contribution in [1.82, 2.24) is 0 Å². The highest BCUT2D eigenvalue weighted by atomic mass is 127. The molecule has 0 aliphatic carbocycles. The number of hydrogen-bond donors (Lipinski definition) is 0. The van der Waals surface area contributed by atoms with Gasteiger partial charge in [0.25, 0.3) is 0 Å². The summed E-state index contributed by atoms with van der Waals surface area (Å²) in [5, 5.41) is 0. The van der Waals surface area contributed by atoms with E-state index in [1.807, 2.05) is 0 Å². The van der Waals surface area contributed by atoms with E-state index in [1.54, 1.807) is 0 Å². The van der Waals surface area contributed by atoms with Crippen LogP contribution in [-0.4, -0.2) is 15.0 Å². The quantitative estimate of drug-likeness (QED) is 0.341. The molecular weight excluding hydrogens is 367 g/mol. The third-order valence-corrected chi connectivity index (χ3v) is 4.73. The maximum absolute atomic E-state index is 10.8. The summed E-state index contributed by atoms with van der Waals surface area (Å²) in [7, 11) is -3.74. The van der Waals surface area contributed by atoms with Crippen molar-refractivity contribution in [2.45, 2.75) is 71.1 Å². The van der Waals surface area contributed by atoms with E-state index >= 15 is 0 Å². The van der Waals surface area contributed by atoms with Gasteiger partial charge in [0.05, 0.1) is 6.61 Å². The second-order valence-electron chi connectivity index (χ2n) is 4.48. The van der Waals surface area contributed by atoms with Crippen molar-refractivity contribution in [3.63, 3.8) is 0 Å². The summed E-state index contributed by atoms with van der Waals surface area (Å²) in [5.41, 5.74) is 0. The fourth-order valence-electron chi connectivity index (χ4n) is 1.77. The van der Waals surface area contributed by atoms with Crippen molar-refractivity contribution < 1.29 is 15.1 Å². The Morgan fingerprint density at radius 2 is 1.28 bits per heavy atom. The minimum Gasteiger partial charge on any atom is -0.248 e. The topological polar surface area (TPSA) is 52.6 Å². The molecule has 0 spiro atoms. The van der Waals surface area contributed by atoms with Crippen LogP contribution in [0.2, 0.25) is 0 Å². The molecule has 0 aromatic heterocycles. The van der Waals surface area contributed by atoms with Gasteiger partial charge in [0, 0.05) is 0 Å². The second kappa shape index (κ2) is 12.6. The predicted molar refractivity (Wildman–Crippen MR) is 81.8 cm³/mol. The SMILES string of the molecule is CCCCCCCCCCCCOS(=O)(=O)OI. The third kappa shape index (κ3) is 13.0. The van der Waals surface area contributed by atoms with Crippen LogP contribution in [0.4, 0.5) is 0 Å². The zero-order chi connectivity index (χ0) is 13.7. The molecule has 0 aromatic rings. The van der Waals surface area contributed by atoms with Gasteiger partial charge in [-0.3, -0.25) is 0 Å². The lowest BCUT2D eigenvalue weighted by molar-refractivity contribution is 0.278. The molecule has 6 heteroatoms. The summed E-state index contributed by atoms with van der Waals surface area (Å²) in [6.45, 7) is 2.45. The van der Waals surface area contributed by atoms with Crippen LogP contribution in [0.1, 0.15) is 71.1 Å². The van der Waals surface area contributed by atoms with Crippen LogP contribution in [0.15, 0.2) is 0 Å². The van der Waals surface area contributed by atoms with Crippen LogP contribution in [0.25, 0.3) is 0 Å². The summed E-state index contributed by atoms with van der Waals surface area (Å²) in [5.74, 6) is 0. The van der Waals surface area contributed by atoms with Crippen LogP contribution in [-0.2, 0) is 17.1 Å². The standard InChI is InChI=1S/C12H25IO4S/c1-2-3-4-5-6-7-8-9-10-11-12-16-18(14,15)17-13/h2-12H2,1H3. The number of hydrogen-bond acceptors (Lipinski definition) is 4. The smallest absolute Gasteiger partial charge is 0.248 e. The molecule has 0 fully saturated rings. The average Bonchev–Trinajstić information content (AvgIpc) is 2.36. The van der Waals surface area contributed by atoms with E-state index in [1.165, 1.54) is 68.0 Å². The van der Waals surface area contributed by atoms with Crippen LogP contribution in [0, 0.1) is 0 Å². The molecule has 0 saturated heterocycles. The van der Waals surface area contributed by atoms with E-state index in [0.29, 0.717) is 0 Å². The summed E-state index contributed by atoms with van der Waals surface area (Å²) in [6, 6.07) is 0. The molecule has 0 amide bonds. The lowest BCUT2D eigenvalue weighted by Gasteiger charge is -2.03. The third-order valence-electron chi connectivity index (χ3n) is 2.80. The number of halogens is 1. The fraction of sp³-hybridized carbons (Fsp3) is 1.00. The first-order valence-electron chi connectivity index (χ1n) is 6.82. The maximum atomic E-state index is 10.8. The Labute approximate surface area is 126 Å². The van der Waals surface area contributed by atoms with Crippen molar-refractivity contribution in [1.29, 1.82) is 0 Å². The van der Waals surface area contributed by atoms with Crippen molar-refractivity contribution in [2.75, 3.05) is 6.61 Å². The van der Waals surface area contributed by atoms with Gasteiger partial charge in [-0.1, -0.05) is 64.7 Å². The molecular formula is C12H25IO4S. The summed E-state index contributed by atoms with van der Waals surface area (Å²) >= 11 is 1.31. The van der Waals surface area contributed by atoms with Crippen LogP contribution in [0.3, 0.4) is 0 Å². The van der Waals surface area contributed by atoms with Gasteiger partial charge in [0.1, 0.15) is 23.0 Å². The molecule has 0 bridgehead atoms. The average molecular weight is 392 g/mol. The van der Waals surface area contributed by atoms with Gasteiger partial charge >= 0.3 is 10.4 Å². The Hall–Kier alpha value is 0.600. The summed E-state index contributed by atoms with van der Waals surface area (Å²) in [4.78, 5) is 0. The van der Waals surface area contributed by atoms with Gasteiger partial charge in [0.2, 0.25) is 0 Å². The van der Waals surface area contributed by atoms with Crippen molar-refractivity contribution in [2.24, 2.45) is 0 Å². The number of rotatable bonds is 13. The van der Waals surface area contributed by atoms with Gasteiger partial charge in [-0.25, -0.2) is 4.18 Å². The molecule has 18 heavy (non-hydrogen) atoms. The van der Waals surface area contributed by atoms with E-state index in [-0.39, 0.29) is 6.61 Å². The molecule has 0 saturated carbocycles. The Morgan fingerprint density at radius 3 is 1.72 bits per heavy atom. The van der Waals surface area contributed by atoms with Crippen molar-refractivity contribution in [3.05, 3.63) is 0 Å². The second-order valence-corrected chi connectivity index (χ2v) is 6.73. The molecule has 0 atom stereocenters. The van der Waals surface area contributed by atoms with Gasteiger partial charge in [0.15, 0.2) is 0 Å². The highest BCUT2D eigenvalue weighted by Crippen LogP contribution is 2.11. The Morgan fingerprint density at radius 1 is 0.833 bits per heavy atom. The molecule has 0 aliphatic rings. The van der Waals surface area contributed by atoms with E-state index in [9.17, 15) is 8.42 Å². The zero-order valence-electron chi connectivity index (χ0n) is 11.2. The molecule has 0 aromatic carbocycles. The molecule has 0 heterocycles. The van der Waals surface area contributed by atoms with Gasteiger partial charge < -0.3 is 0 Å². The van der Waals surface area contributed by atoms with E-state index < -0.39 is 10.4 Å². The maximum Gasteiger partial charge on any atom is 0.409 e. The minimum absolute atomic E-state index is 0.224. The summed E-state index contributed by atoms with van der Waals surface area (Å²) in [6.07, 6.45) is 12.2. The lowest BCUT2D eigenvalue weighted by Crippen LogP contribution is -2.05. The van der Waals surface area contributed by atoms with Crippen molar-refractivity contribution >= 4 is 33.4 Å². The Kier molecular flexibility index (Phi) is 13.0. The van der Waals surface area contributed by atoms with Crippen molar-refractivity contribution in [3.8, 4) is 0 Å². The highest BCUT2D eigenvalue weighted by molar-refractivity contribution is 14.1. The van der Waals surface area contributed by atoms with E-state index in [4.69, 9.17) is 0 Å². The highest BCUT2D eigenvalue weighted by Gasteiger charge is 2.08. The molecule has 110 valence electrons. The fourth-order valence-corrected chi connectivity index (χ4v) is 2.44. The molecule has 0 N–H and O–H groups in total. The number of unbranched alkanes of at least 4 members (excludes halogenated alkanes) is 9. The zero-order valence-corrected chi connectivity index (χ0v) is 14.2. The summed E-state index contributed by atoms with van der Waals surface area (Å²) < 4.78 is 30.4. The molecule has 0 radical (unpaired) electrons.